The number of benzene rings is 1. The number of rotatable bonds is 2. The van der Waals surface area contributed by atoms with Gasteiger partial charge < -0.3 is 14.9 Å². The minimum atomic E-state index is -0.752. The summed E-state index contributed by atoms with van der Waals surface area (Å²) in [6.07, 6.45) is 0.349. The summed E-state index contributed by atoms with van der Waals surface area (Å²) >= 11 is 11.4. The smallest absolute Gasteiger partial charge is 0.342 e. The van der Waals surface area contributed by atoms with Crippen molar-refractivity contribution in [2.45, 2.75) is 13.3 Å². The molecular weight excluding hydrogens is 255 g/mol. The van der Waals surface area contributed by atoms with Crippen LogP contribution in [0.25, 0.3) is 0 Å². The molecule has 0 amide bonds. The van der Waals surface area contributed by atoms with E-state index in [0.29, 0.717) is 12.0 Å². The van der Waals surface area contributed by atoms with Crippen molar-refractivity contribution in [3.63, 3.8) is 0 Å². The number of esters is 1. The predicted octanol–water partition coefficient (Wildman–Crippen LogP) is 2.75. The molecule has 1 aromatic rings. The van der Waals surface area contributed by atoms with Crippen LogP contribution >= 0.6 is 23.2 Å². The first-order valence-electron chi connectivity index (χ1n) is 4.45. The first kappa shape index (κ1) is 12.9. The maximum absolute atomic E-state index is 11.4. The summed E-state index contributed by atoms with van der Waals surface area (Å²) in [6, 6.07) is 0. The third-order valence-corrected chi connectivity index (χ3v) is 2.94. The maximum atomic E-state index is 11.4. The number of carbonyl (C=O) groups excluding carboxylic acids is 1. The molecule has 0 bridgehead atoms. The number of ether oxygens (including phenoxy) is 1. The van der Waals surface area contributed by atoms with Crippen LogP contribution in [0, 0.1) is 0 Å². The van der Waals surface area contributed by atoms with Gasteiger partial charge in [-0.25, -0.2) is 4.79 Å². The molecule has 0 heterocycles. The van der Waals surface area contributed by atoms with E-state index < -0.39 is 17.5 Å². The van der Waals surface area contributed by atoms with Crippen LogP contribution in [0.4, 0.5) is 0 Å². The number of methoxy groups -OCH3 is 1. The van der Waals surface area contributed by atoms with E-state index in [0.717, 1.165) is 0 Å². The third kappa shape index (κ3) is 1.90. The monoisotopic (exact) mass is 264 g/mol. The normalized spacial score (nSPS) is 10.2. The molecule has 4 nitrogen and oxygen atoms in total. The molecule has 2 N–H and O–H groups in total. The molecule has 0 atom stereocenters. The average Bonchev–Trinajstić information content (AvgIpc) is 2.29. The van der Waals surface area contributed by atoms with Crippen molar-refractivity contribution in [1.29, 1.82) is 0 Å². The lowest BCUT2D eigenvalue weighted by molar-refractivity contribution is 0.0596. The molecule has 0 fully saturated rings. The summed E-state index contributed by atoms with van der Waals surface area (Å²) in [5.41, 5.74) is 0.186. The second-order valence-electron chi connectivity index (χ2n) is 3.02. The Balaban J connectivity index is 3.64. The van der Waals surface area contributed by atoms with Gasteiger partial charge in [-0.1, -0.05) is 30.1 Å². The fraction of sp³-hybridized carbons (Fsp3) is 0.300. The number of halogens is 2. The third-order valence-electron chi connectivity index (χ3n) is 2.17. The molecule has 6 heteroatoms. The lowest BCUT2D eigenvalue weighted by atomic mass is 10.0. The number of phenolic OH excluding ortho intramolecular Hbond substituents is 2. The van der Waals surface area contributed by atoms with Crippen LogP contribution < -0.4 is 0 Å². The van der Waals surface area contributed by atoms with Gasteiger partial charge in [0.25, 0.3) is 0 Å². The Hall–Kier alpha value is -1.13. The molecule has 0 unspecified atom stereocenters. The summed E-state index contributed by atoms with van der Waals surface area (Å²) in [5.74, 6) is -1.71. The zero-order chi connectivity index (χ0) is 12.5. The van der Waals surface area contributed by atoms with Gasteiger partial charge in [-0.05, 0) is 12.0 Å². The fourth-order valence-corrected chi connectivity index (χ4v) is 1.93. The Kier molecular flexibility index (Phi) is 3.88. The Labute approximate surface area is 102 Å². The SMILES string of the molecule is CCc1c(Cl)c(O)c(Cl)c(O)c1C(=O)OC. The molecule has 0 aliphatic heterocycles. The summed E-state index contributed by atoms with van der Waals surface area (Å²) < 4.78 is 4.51. The summed E-state index contributed by atoms with van der Waals surface area (Å²) in [7, 11) is 1.18. The van der Waals surface area contributed by atoms with E-state index >= 15 is 0 Å². The lowest BCUT2D eigenvalue weighted by Gasteiger charge is -2.13. The standard InChI is InChI=1S/C10H10Cl2O4/c1-3-4-5(10(15)16-2)8(13)7(12)9(14)6(4)11/h13-14H,3H2,1-2H3. The summed E-state index contributed by atoms with van der Waals surface area (Å²) in [6.45, 7) is 1.72. The number of aromatic hydroxyl groups is 2. The topological polar surface area (TPSA) is 66.8 Å². The molecule has 0 spiro atoms. The van der Waals surface area contributed by atoms with E-state index in [-0.39, 0.29) is 15.6 Å². The quantitative estimate of drug-likeness (QED) is 0.807. The number of hydrogen-bond acceptors (Lipinski definition) is 4. The minimum absolute atomic E-state index is 0.0503. The van der Waals surface area contributed by atoms with E-state index in [2.05, 4.69) is 4.74 Å². The molecule has 16 heavy (non-hydrogen) atoms. The van der Waals surface area contributed by atoms with Gasteiger partial charge >= 0.3 is 5.97 Å². The van der Waals surface area contributed by atoms with E-state index in [1.165, 1.54) is 7.11 Å². The Morgan fingerprint density at radius 1 is 1.25 bits per heavy atom. The van der Waals surface area contributed by atoms with Crippen molar-refractivity contribution in [2.75, 3.05) is 7.11 Å². The summed E-state index contributed by atoms with van der Waals surface area (Å²) in [4.78, 5) is 11.4. The largest absolute Gasteiger partial charge is 0.505 e. The highest BCUT2D eigenvalue weighted by Crippen LogP contribution is 2.44. The van der Waals surface area contributed by atoms with Gasteiger partial charge in [0.05, 0.1) is 12.1 Å². The van der Waals surface area contributed by atoms with Gasteiger partial charge in [0.1, 0.15) is 10.6 Å². The molecule has 0 aromatic heterocycles. The van der Waals surface area contributed by atoms with Crippen LogP contribution in [0.2, 0.25) is 10.0 Å². The van der Waals surface area contributed by atoms with Crippen molar-refractivity contribution in [2.24, 2.45) is 0 Å². The van der Waals surface area contributed by atoms with Crippen molar-refractivity contribution in [3.05, 3.63) is 21.2 Å². The van der Waals surface area contributed by atoms with E-state index in [4.69, 9.17) is 23.2 Å². The van der Waals surface area contributed by atoms with Crippen molar-refractivity contribution >= 4 is 29.2 Å². The van der Waals surface area contributed by atoms with E-state index in [9.17, 15) is 15.0 Å². The number of phenols is 2. The maximum Gasteiger partial charge on any atom is 0.342 e. The van der Waals surface area contributed by atoms with Crippen molar-refractivity contribution < 1.29 is 19.7 Å². The van der Waals surface area contributed by atoms with Crippen molar-refractivity contribution in [1.82, 2.24) is 0 Å². The van der Waals surface area contributed by atoms with Crippen LogP contribution in [0.5, 0.6) is 11.5 Å². The molecule has 0 aliphatic rings. The van der Waals surface area contributed by atoms with Gasteiger partial charge in [-0.15, -0.1) is 0 Å². The van der Waals surface area contributed by atoms with Gasteiger partial charge in [0, 0.05) is 0 Å². The Bertz CT molecular complexity index is 443. The van der Waals surface area contributed by atoms with Crippen LogP contribution in [-0.4, -0.2) is 23.3 Å². The second kappa shape index (κ2) is 4.80. The zero-order valence-corrected chi connectivity index (χ0v) is 10.2. The minimum Gasteiger partial charge on any atom is -0.505 e. The number of hydrogen-bond donors (Lipinski definition) is 2. The molecule has 1 aromatic carbocycles. The highest BCUT2D eigenvalue weighted by atomic mass is 35.5. The van der Waals surface area contributed by atoms with Crippen LogP contribution in [-0.2, 0) is 11.2 Å². The van der Waals surface area contributed by atoms with Gasteiger partial charge in [0.15, 0.2) is 11.5 Å². The first-order valence-corrected chi connectivity index (χ1v) is 5.21. The fourth-order valence-electron chi connectivity index (χ4n) is 1.37. The van der Waals surface area contributed by atoms with E-state index in [1.54, 1.807) is 6.92 Å². The zero-order valence-electron chi connectivity index (χ0n) is 8.67. The van der Waals surface area contributed by atoms with Crippen LogP contribution in [0.1, 0.15) is 22.8 Å². The molecule has 0 saturated heterocycles. The first-order chi connectivity index (χ1) is 7.45. The van der Waals surface area contributed by atoms with E-state index in [1.807, 2.05) is 0 Å². The highest BCUT2D eigenvalue weighted by Gasteiger charge is 2.25. The van der Waals surface area contributed by atoms with Crippen molar-refractivity contribution in [3.8, 4) is 11.5 Å². The lowest BCUT2D eigenvalue weighted by Crippen LogP contribution is -2.07. The predicted molar refractivity (Wildman–Crippen MR) is 60.5 cm³/mol. The Morgan fingerprint density at radius 3 is 2.25 bits per heavy atom. The molecular formula is C10H10Cl2O4. The Morgan fingerprint density at radius 2 is 1.81 bits per heavy atom. The molecule has 88 valence electrons. The highest BCUT2D eigenvalue weighted by molar-refractivity contribution is 6.39. The van der Waals surface area contributed by atoms with Crippen LogP contribution in [0.3, 0.4) is 0 Å². The van der Waals surface area contributed by atoms with Gasteiger partial charge in [-0.2, -0.15) is 0 Å². The summed E-state index contributed by atoms with van der Waals surface area (Å²) in [5, 5.41) is 18.8. The molecule has 0 radical (unpaired) electrons. The van der Waals surface area contributed by atoms with Gasteiger partial charge in [-0.3, -0.25) is 0 Å². The molecule has 1 rings (SSSR count). The second-order valence-corrected chi connectivity index (χ2v) is 3.78. The molecule has 0 saturated carbocycles. The average molecular weight is 265 g/mol. The molecule has 0 aliphatic carbocycles. The number of carbonyl (C=O) groups is 1. The van der Waals surface area contributed by atoms with Crippen LogP contribution in [0.15, 0.2) is 0 Å². The van der Waals surface area contributed by atoms with Gasteiger partial charge in [0.2, 0.25) is 0 Å².